The summed E-state index contributed by atoms with van der Waals surface area (Å²) in [7, 11) is 2.67. The molecule has 0 aliphatic carbocycles. The topological polar surface area (TPSA) is 27.7 Å². The van der Waals surface area contributed by atoms with Crippen molar-refractivity contribution in [2.75, 3.05) is 21.3 Å². The highest BCUT2D eigenvalue weighted by atomic mass is 28.4. The minimum absolute atomic E-state index is 0.897. The van der Waals surface area contributed by atoms with Crippen LogP contribution < -0.4 is 0 Å². The largest absolute Gasteiger partial charge is 0.500 e. The maximum absolute atomic E-state index is 5.32. The van der Waals surface area contributed by atoms with Gasteiger partial charge in [-0.05, 0) is 26.2 Å². The third-order valence-corrected chi connectivity index (χ3v) is 5.10. The summed E-state index contributed by atoms with van der Waals surface area (Å²) < 4.78 is 16.0. The zero-order valence-corrected chi connectivity index (χ0v) is 10.7. The van der Waals surface area contributed by atoms with E-state index in [0.29, 0.717) is 0 Å². The van der Waals surface area contributed by atoms with Crippen LogP contribution in [0.4, 0.5) is 0 Å². The lowest BCUT2D eigenvalue weighted by Gasteiger charge is -2.24. The van der Waals surface area contributed by atoms with E-state index in [1.54, 1.807) is 21.3 Å². The Kier molecular flexibility index (Phi) is 8.08. The van der Waals surface area contributed by atoms with Gasteiger partial charge in [0, 0.05) is 27.4 Å². The number of hydrogen-bond donors (Lipinski definition) is 0. The van der Waals surface area contributed by atoms with Crippen LogP contribution in [0.3, 0.4) is 0 Å². The summed E-state index contributed by atoms with van der Waals surface area (Å²) in [6, 6.07) is 0.897. The minimum Gasteiger partial charge on any atom is -0.377 e. The fourth-order valence-corrected chi connectivity index (χ4v) is 3.12. The van der Waals surface area contributed by atoms with Crippen molar-refractivity contribution >= 4 is 8.80 Å². The molecule has 0 fully saturated rings. The molecule has 0 spiro atoms. The quantitative estimate of drug-likeness (QED) is 0.356. The predicted octanol–water partition coefficient (Wildman–Crippen LogP) is 2.61. The molecule has 0 bridgehead atoms. The third-order valence-electron chi connectivity index (χ3n) is 2.27. The summed E-state index contributed by atoms with van der Waals surface area (Å²) in [5.74, 6) is 0. The van der Waals surface area contributed by atoms with Crippen molar-refractivity contribution in [3.8, 4) is 0 Å². The first kappa shape index (κ1) is 13.8. The predicted molar refractivity (Wildman–Crippen MR) is 60.3 cm³/mol. The van der Waals surface area contributed by atoms with Crippen molar-refractivity contribution in [1.82, 2.24) is 0 Å². The first-order valence-corrected chi connectivity index (χ1v) is 6.94. The van der Waals surface area contributed by atoms with Gasteiger partial charge in [-0.1, -0.05) is 12.2 Å². The van der Waals surface area contributed by atoms with Crippen molar-refractivity contribution in [1.29, 1.82) is 0 Å². The fraction of sp³-hybridized carbons (Fsp3) is 0.800. The van der Waals surface area contributed by atoms with E-state index >= 15 is 0 Å². The molecule has 3 nitrogen and oxygen atoms in total. The second-order valence-corrected chi connectivity index (χ2v) is 6.20. The third kappa shape index (κ3) is 4.90. The molecule has 14 heavy (non-hydrogen) atoms. The van der Waals surface area contributed by atoms with Gasteiger partial charge in [0.1, 0.15) is 0 Å². The first-order valence-electron chi connectivity index (χ1n) is 5.01. The van der Waals surface area contributed by atoms with Gasteiger partial charge in [0.15, 0.2) is 0 Å². The van der Waals surface area contributed by atoms with E-state index in [9.17, 15) is 0 Å². The summed E-state index contributed by atoms with van der Waals surface area (Å²) >= 11 is 0. The normalized spacial score (nSPS) is 12.6. The van der Waals surface area contributed by atoms with E-state index in [1.807, 2.05) is 6.92 Å². The van der Waals surface area contributed by atoms with Gasteiger partial charge < -0.3 is 13.3 Å². The van der Waals surface area contributed by atoms with Crippen LogP contribution in [0, 0.1) is 0 Å². The summed E-state index contributed by atoms with van der Waals surface area (Å²) in [4.78, 5) is 0. The maximum Gasteiger partial charge on any atom is 0.500 e. The molecule has 0 aliphatic rings. The van der Waals surface area contributed by atoms with Crippen LogP contribution in [-0.2, 0) is 13.3 Å². The summed E-state index contributed by atoms with van der Waals surface area (Å²) in [6.45, 7) is 2.04. The fourth-order valence-electron chi connectivity index (χ4n) is 1.33. The Morgan fingerprint density at radius 3 is 2.00 bits per heavy atom. The van der Waals surface area contributed by atoms with Gasteiger partial charge in [0.25, 0.3) is 0 Å². The highest BCUT2D eigenvalue weighted by Crippen LogP contribution is 2.17. The lowest BCUT2D eigenvalue weighted by molar-refractivity contribution is 0.123. The van der Waals surface area contributed by atoms with Gasteiger partial charge in [0.2, 0.25) is 0 Å². The van der Waals surface area contributed by atoms with E-state index in [2.05, 4.69) is 12.2 Å². The Bertz CT molecular complexity index is 147. The lowest BCUT2D eigenvalue weighted by atomic mass is 10.2. The highest BCUT2D eigenvalue weighted by molar-refractivity contribution is 6.60. The summed E-state index contributed by atoms with van der Waals surface area (Å²) in [6.07, 6.45) is 7.63. The van der Waals surface area contributed by atoms with Crippen LogP contribution in [0.15, 0.2) is 12.2 Å². The van der Waals surface area contributed by atoms with Crippen LogP contribution in [0.1, 0.15) is 26.2 Å². The first-order chi connectivity index (χ1) is 6.74. The van der Waals surface area contributed by atoms with Crippen molar-refractivity contribution in [2.24, 2.45) is 0 Å². The molecule has 4 heteroatoms. The van der Waals surface area contributed by atoms with E-state index in [4.69, 9.17) is 13.3 Å². The van der Waals surface area contributed by atoms with Crippen LogP contribution in [-0.4, -0.2) is 30.1 Å². The molecule has 0 aromatic carbocycles. The maximum atomic E-state index is 5.32. The molecule has 0 saturated carbocycles. The Morgan fingerprint density at radius 2 is 1.57 bits per heavy atom. The van der Waals surface area contributed by atoms with Crippen LogP contribution in [0.2, 0.25) is 6.04 Å². The number of unbranched alkanes of at least 4 members (excludes halogenated alkanes) is 2. The van der Waals surface area contributed by atoms with Gasteiger partial charge in [-0.25, -0.2) is 0 Å². The van der Waals surface area contributed by atoms with Crippen LogP contribution in [0.25, 0.3) is 0 Å². The second kappa shape index (κ2) is 8.17. The Hall–Kier alpha value is -0.163. The van der Waals surface area contributed by atoms with E-state index in [0.717, 1.165) is 25.3 Å². The SMILES string of the molecule is CC=CCCCC[Si](OC)(OC)OC. The molecular weight excluding hydrogens is 196 g/mol. The molecule has 0 heterocycles. The zero-order chi connectivity index (χ0) is 10.9. The molecule has 0 saturated heterocycles. The molecule has 0 unspecified atom stereocenters. The van der Waals surface area contributed by atoms with Gasteiger partial charge >= 0.3 is 8.80 Å². The molecular formula is C10H22O3Si. The van der Waals surface area contributed by atoms with Gasteiger partial charge in [-0.3, -0.25) is 0 Å². The van der Waals surface area contributed by atoms with E-state index in [-0.39, 0.29) is 0 Å². The average molecular weight is 218 g/mol. The molecule has 0 rings (SSSR count). The monoisotopic (exact) mass is 218 g/mol. The molecule has 0 N–H and O–H groups in total. The average Bonchev–Trinajstić information content (AvgIpc) is 2.24. The van der Waals surface area contributed by atoms with Crippen molar-refractivity contribution < 1.29 is 13.3 Å². The summed E-state index contributed by atoms with van der Waals surface area (Å²) in [5.41, 5.74) is 0. The Morgan fingerprint density at radius 1 is 1.00 bits per heavy atom. The molecule has 0 aliphatic heterocycles. The molecule has 0 atom stereocenters. The number of rotatable bonds is 8. The van der Waals surface area contributed by atoms with Gasteiger partial charge in [-0.15, -0.1) is 0 Å². The molecule has 0 amide bonds. The zero-order valence-electron chi connectivity index (χ0n) is 9.71. The summed E-state index contributed by atoms with van der Waals surface area (Å²) in [5, 5.41) is 0. The van der Waals surface area contributed by atoms with Crippen LogP contribution in [0.5, 0.6) is 0 Å². The van der Waals surface area contributed by atoms with Gasteiger partial charge in [0.05, 0.1) is 0 Å². The smallest absolute Gasteiger partial charge is 0.377 e. The molecule has 0 aromatic rings. The number of hydrogen-bond acceptors (Lipinski definition) is 3. The van der Waals surface area contributed by atoms with Crippen LogP contribution >= 0.6 is 0 Å². The Labute approximate surface area is 88.4 Å². The van der Waals surface area contributed by atoms with E-state index in [1.165, 1.54) is 0 Å². The van der Waals surface area contributed by atoms with Crippen molar-refractivity contribution in [2.45, 2.75) is 32.2 Å². The Balaban J connectivity index is 3.71. The number of allylic oxidation sites excluding steroid dienone is 2. The molecule has 0 aromatic heterocycles. The highest BCUT2D eigenvalue weighted by Gasteiger charge is 2.36. The van der Waals surface area contributed by atoms with Crippen molar-refractivity contribution in [3.05, 3.63) is 12.2 Å². The van der Waals surface area contributed by atoms with Gasteiger partial charge in [-0.2, -0.15) is 0 Å². The molecule has 0 radical (unpaired) electrons. The van der Waals surface area contributed by atoms with E-state index < -0.39 is 8.80 Å². The molecule has 84 valence electrons. The second-order valence-electron chi connectivity index (χ2n) is 3.11. The lowest BCUT2D eigenvalue weighted by Crippen LogP contribution is -2.42. The standard InChI is InChI=1S/C10H22O3Si/c1-5-6-7-8-9-10-14(11-2,12-3)13-4/h5-6H,7-10H2,1-4H3. The minimum atomic E-state index is -2.30. The van der Waals surface area contributed by atoms with Crippen molar-refractivity contribution in [3.63, 3.8) is 0 Å².